The molecule has 20 heavy (non-hydrogen) atoms. The third kappa shape index (κ3) is 2.76. The Labute approximate surface area is 126 Å². The Balaban J connectivity index is 1.83. The van der Waals surface area contributed by atoms with Crippen LogP contribution in [0.25, 0.3) is 10.2 Å². The molecule has 0 radical (unpaired) electrons. The Morgan fingerprint density at radius 2 is 2.00 bits per heavy atom. The second-order valence-electron chi connectivity index (χ2n) is 4.49. The van der Waals surface area contributed by atoms with Crippen LogP contribution >= 0.6 is 22.9 Å². The summed E-state index contributed by atoms with van der Waals surface area (Å²) >= 11 is 7.61. The van der Waals surface area contributed by atoms with Crippen LogP contribution in [0, 0.1) is 0 Å². The minimum Gasteiger partial charge on any atom is -0.365 e. The van der Waals surface area contributed by atoms with Gasteiger partial charge in [0.25, 0.3) is 0 Å². The maximum atomic E-state index is 5.89. The zero-order valence-electron chi connectivity index (χ0n) is 11.1. The SMILES string of the molecule is CCc1cc2c(NCc3ccc(Cl)cc3)ncnc2s1. The lowest BCUT2D eigenvalue weighted by Crippen LogP contribution is -2.01. The molecule has 2 heterocycles. The molecule has 0 aliphatic carbocycles. The van der Waals surface area contributed by atoms with Crippen molar-refractivity contribution < 1.29 is 0 Å². The summed E-state index contributed by atoms with van der Waals surface area (Å²) < 4.78 is 0. The lowest BCUT2D eigenvalue weighted by molar-refractivity contribution is 1.10. The number of thiophene rings is 1. The van der Waals surface area contributed by atoms with Crippen molar-refractivity contribution in [3.05, 3.63) is 52.1 Å². The molecule has 1 aromatic carbocycles. The maximum absolute atomic E-state index is 5.89. The lowest BCUT2D eigenvalue weighted by atomic mass is 10.2. The van der Waals surface area contributed by atoms with Crippen LogP contribution in [0.3, 0.4) is 0 Å². The standard InChI is InChI=1S/C15H14ClN3S/c1-2-12-7-13-14(18-9-19-15(13)20-12)17-8-10-3-5-11(16)6-4-10/h3-7,9H,2,8H2,1H3,(H,17,18,19). The highest BCUT2D eigenvalue weighted by atomic mass is 35.5. The summed E-state index contributed by atoms with van der Waals surface area (Å²) in [5, 5.41) is 5.23. The van der Waals surface area contributed by atoms with Gasteiger partial charge < -0.3 is 5.32 Å². The van der Waals surface area contributed by atoms with Gasteiger partial charge in [-0.1, -0.05) is 30.7 Å². The van der Waals surface area contributed by atoms with E-state index in [0.717, 1.165) is 34.0 Å². The van der Waals surface area contributed by atoms with Gasteiger partial charge in [0.1, 0.15) is 17.0 Å². The quantitative estimate of drug-likeness (QED) is 0.770. The fourth-order valence-corrected chi connectivity index (χ4v) is 3.07. The van der Waals surface area contributed by atoms with E-state index in [2.05, 4.69) is 28.3 Å². The Hall–Kier alpha value is -1.65. The molecule has 0 amide bonds. The van der Waals surface area contributed by atoms with Crippen molar-refractivity contribution in [3.63, 3.8) is 0 Å². The summed E-state index contributed by atoms with van der Waals surface area (Å²) in [5.41, 5.74) is 1.17. The minimum atomic E-state index is 0.723. The smallest absolute Gasteiger partial charge is 0.138 e. The molecule has 0 saturated carbocycles. The lowest BCUT2D eigenvalue weighted by Gasteiger charge is -2.06. The number of nitrogens with one attached hydrogen (secondary N) is 1. The van der Waals surface area contributed by atoms with Crippen LogP contribution < -0.4 is 5.32 Å². The Morgan fingerprint density at radius 3 is 2.75 bits per heavy atom. The normalized spacial score (nSPS) is 10.9. The molecule has 0 spiro atoms. The van der Waals surface area contributed by atoms with E-state index in [9.17, 15) is 0 Å². The number of benzene rings is 1. The topological polar surface area (TPSA) is 37.8 Å². The number of halogens is 1. The third-order valence-electron chi connectivity index (χ3n) is 3.10. The van der Waals surface area contributed by atoms with Crippen LogP contribution in [0.15, 0.2) is 36.7 Å². The molecular weight excluding hydrogens is 290 g/mol. The van der Waals surface area contributed by atoms with E-state index in [-0.39, 0.29) is 0 Å². The summed E-state index contributed by atoms with van der Waals surface area (Å²) in [6, 6.07) is 9.99. The van der Waals surface area contributed by atoms with Crippen LogP contribution in [-0.4, -0.2) is 9.97 Å². The van der Waals surface area contributed by atoms with Gasteiger partial charge in [-0.25, -0.2) is 9.97 Å². The minimum absolute atomic E-state index is 0.723. The molecule has 3 nitrogen and oxygen atoms in total. The average molecular weight is 304 g/mol. The molecule has 5 heteroatoms. The molecule has 0 unspecified atom stereocenters. The summed E-state index contributed by atoms with van der Waals surface area (Å²) in [6.07, 6.45) is 2.64. The first kappa shape index (κ1) is 13.3. The first-order valence-electron chi connectivity index (χ1n) is 6.48. The first-order valence-corrected chi connectivity index (χ1v) is 7.67. The number of hydrogen-bond acceptors (Lipinski definition) is 4. The van der Waals surface area contributed by atoms with E-state index < -0.39 is 0 Å². The highest BCUT2D eigenvalue weighted by Crippen LogP contribution is 2.28. The summed E-state index contributed by atoms with van der Waals surface area (Å²) in [4.78, 5) is 11.0. The molecule has 3 aromatic rings. The highest BCUT2D eigenvalue weighted by Gasteiger charge is 2.07. The molecule has 3 rings (SSSR count). The van der Waals surface area contributed by atoms with Crippen molar-refractivity contribution in [3.8, 4) is 0 Å². The first-order chi connectivity index (χ1) is 9.76. The van der Waals surface area contributed by atoms with E-state index in [1.807, 2.05) is 24.3 Å². The Bertz CT molecular complexity index is 722. The van der Waals surface area contributed by atoms with Crippen LogP contribution in [0.4, 0.5) is 5.82 Å². The monoisotopic (exact) mass is 303 g/mol. The van der Waals surface area contributed by atoms with Crippen molar-refractivity contribution in [1.29, 1.82) is 0 Å². The molecule has 0 bridgehead atoms. The predicted molar refractivity (Wildman–Crippen MR) is 85.6 cm³/mol. The van der Waals surface area contributed by atoms with Gasteiger partial charge in [0.2, 0.25) is 0 Å². The molecule has 0 atom stereocenters. The molecule has 0 fully saturated rings. The zero-order valence-corrected chi connectivity index (χ0v) is 12.6. The van der Waals surface area contributed by atoms with Crippen molar-refractivity contribution in [2.24, 2.45) is 0 Å². The number of hydrogen-bond donors (Lipinski definition) is 1. The van der Waals surface area contributed by atoms with Gasteiger partial charge in [-0.2, -0.15) is 0 Å². The van der Waals surface area contributed by atoms with Gasteiger partial charge >= 0.3 is 0 Å². The fraction of sp³-hybridized carbons (Fsp3) is 0.200. The second kappa shape index (κ2) is 5.77. The van der Waals surface area contributed by atoms with Crippen LogP contribution in [-0.2, 0) is 13.0 Å². The highest BCUT2D eigenvalue weighted by molar-refractivity contribution is 7.18. The van der Waals surface area contributed by atoms with E-state index in [0.29, 0.717) is 0 Å². The van der Waals surface area contributed by atoms with Crippen LogP contribution in [0.1, 0.15) is 17.4 Å². The van der Waals surface area contributed by atoms with Gasteiger partial charge in [0.05, 0.1) is 5.39 Å². The number of nitrogens with zero attached hydrogens (tertiary/aromatic N) is 2. The van der Waals surface area contributed by atoms with Gasteiger partial charge in [0, 0.05) is 16.4 Å². The van der Waals surface area contributed by atoms with Gasteiger partial charge in [0.15, 0.2) is 0 Å². The van der Waals surface area contributed by atoms with Crippen molar-refractivity contribution in [1.82, 2.24) is 9.97 Å². The van der Waals surface area contributed by atoms with E-state index in [4.69, 9.17) is 11.6 Å². The van der Waals surface area contributed by atoms with Gasteiger partial charge in [-0.05, 0) is 30.2 Å². The summed E-state index contributed by atoms with van der Waals surface area (Å²) in [5.74, 6) is 0.890. The van der Waals surface area contributed by atoms with Crippen LogP contribution in [0.5, 0.6) is 0 Å². The largest absolute Gasteiger partial charge is 0.365 e. The van der Waals surface area contributed by atoms with Crippen LogP contribution in [0.2, 0.25) is 5.02 Å². The summed E-state index contributed by atoms with van der Waals surface area (Å²) in [7, 11) is 0. The number of rotatable bonds is 4. The predicted octanol–water partition coefficient (Wildman–Crippen LogP) is 4.52. The van der Waals surface area contributed by atoms with Crippen molar-refractivity contribution >= 4 is 39.0 Å². The number of fused-ring (bicyclic) bond motifs is 1. The third-order valence-corrected chi connectivity index (χ3v) is 4.54. The van der Waals surface area contributed by atoms with Crippen molar-refractivity contribution in [2.75, 3.05) is 5.32 Å². The fourth-order valence-electron chi connectivity index (χ4n) is 2.01. The van der Waals surface area contributed by atoms with Gasteiger partial charge in [-0.3, -0.25) is 0 Å². The van der Waals surface area contributed by atoms with E-state index in [1.54, 1.807) is 17.7 Å². The Morgan fingerprint density at radius 1 is 1.20 bits per heavy atom. The molecule has 102 valence electrons. The molecular formula is C15H14ClN3S. The summed E-state index contributed by atoms with van der Waals surface area (Å²) in [6.45, 7) is 2.87. The number of aryl methyl sites for hydroxylation is 1. The molecule has 0 saturated heterocycles. The second-order valence-corrected chi connectivity index (χ2v) is 6.04. The molecule has 0 aliphatic heterocycles. The maximum Gasteiger partial charge on any atom is 0.138 e. The van der Waals surface area contributed by atoms with E-state index in [1.165, 1.54) is 10.4 Å². The van der Waals surface area contributed by atoms with Crippen molar-refractivity contribution in [2.45, 2.75) is 19.9 Å². The average Bonchev–Trinajstić information content (AvgIpc) is 2.90. The molecule has 2 aromatic heterocycles. The van der Waals surface area contributed by atoms with E-state index >= 15 is 0 Å². The number of anilines is 1. The Kier molecular flexibility index (Phi) is 3.85. The zero-order chi connectivity index (χ0) is 13.9. The molecule has 0 aliphatic rings. The molecule has 1 N–H and O–H groups in total. The van der Waals surface area contributed by atoms with Gasteiger partial charge in [-0.15, -0.1) is 11.3 Å². The number of aromatic nitrogens is 2.